The molecule has 3 aliphatic rings. The summed E-state index contributed by atoms with van der Waals surface area (Å²) in [7, 11) is 0. The topological polar surface area (TPSA) is 52.6 Å². The lowest BCUT2D eigenvalue weighted by Crippen LogP contribution is -2.43. The summed E-state index contributed by atoms with van der Waals surface area (Å²) in [4.78, 5) is 23.3. The van der Waals surface area contributed by atoms with Crippen LogP contribution in [0.25, 0.3) is 0 Å². The molecule has 0 N–H and O–H groups in total. The van der Waals surface area contributed by atoms with Gasteiger partial charge >= 0.3 is 11.9 Å². The first-order chi connectivity index (χ1) is 12.1. The van der Waals surface area contributed by atoms with E-state index in [2.05, 4.69) is 27.4 Å². The molecular weight excluding hydrogens is 328 g/mol. The third kappa shape index (κ3) is 3.44. The van der Waals surface area contributed by atoms with E-state index >= 15 is 0 Å². The molecular formula is C22H34O4. The van der Waals surface area contributed by atoms with Crippen LogP contribution in [-0.4, -0.2) is 25.2 Å². The van der Waals surface area contributed by atoms with Crippen LogP contribution in [0.2, 0.25) is 0 Å². The van der Waals surface area contributed by atoms with Gasteiger partial charge in [-0.25, -0.2) is 0 Å². The lowest BCUT2D eigenvalue weighted by atomic mass is 9.59. The van der Waals surface area contributed by atoms with Gasteiger partial charge in [-0.3, -0.25) is 9.59 Å². The van der Waals surface area contributed by atoms with E-state index in [0.717, 1.165) is 12.8 Å². The number of fused-ring (bicyclic) bond motifs is 1. The van der Waals surface area contributed by atoms with Gasteiger partial charge in [0.05, 0.1) is 19.6 Å². The van der Waals surface area contributed by atoms with Crippen LogP contribution in [0.15, 0.2) is 12.2 Å². The smallest absolute Gasteiger partial charge is 0.306 e. The van der Waals surface area contributed by atoms with Gasteiger partial charge < -0.3 is 9.47 Å². The number of hydrogen-bond donors (Lipinski definition) is 0. The zero-order valence-corrected chi connectivity index (χ0v) is 16.8. The summed E-state index contributed by atoms with van der Waals surface area (Å²) < 4.78 is 10.8. The van der Waals surface area contributed by atoms with Gasteiger partial charge in [0, 0.05) is 18.8 Å². The van der Waals surface area contributed by atoms with E-state index in [1.54, 1.807) is 0 Å². The minimum atomic E-state index is -0.251. The molecule has 0 aromatic rings. The summed E-state index contributed by atoms with van der Waals surface area (Å²) >= 11 is 0. The van der Waals surface area contributed by atoms with Crippen molar-refractivity contribution in [2.45, 2.75) is 66.2 Å². The fourth-order valence-corrected chi connectivity index (χ4v) is 6.23. The van der Waals surface area contributed by atoms with Gasteiger partial charge in [-0.1, -0.05) is 32.9 Å². The number of rotatable bonds is 4. The minimum Gasteiger partial charge on any atom is -0.466 e. The third-order valence-corrected chi connectivity index (χ3v) is 7.64. The predicted octanol–water partition coefficient (Wildman–Crippen LogP) is 4.53. The van der Waals surface area contributed by atoms with Crippen molar-refractivity contribution in [3.8, 4) is 0 Å². The first kappa shape index (κ1) is 19.4. The van der Waals surface area contributed by atoms with Crippen molar-refractivity contribution in [1.29, 1.82) is 0 Å². The predicted molar refractivity (Wildman–Crippen MR) is 100 cm³/mol. The van der Waals surface area contributed by atoms with Gasteiger partial charge in [0.25, 0.3) is 0 Å². The second-order valence-corrected chi connectivity index (χ2v) is 9.69. The van der Waals surface area contributed by atoms with E-state index in [0.29, 0.717) is 36.9 Å². The summed E-state index contributed by atoms with van der Waals surface area (Å²) in [6, 6.07) is 0. The third-order valence-electron chi connectivity index (χ3n) is 7.64. The standard InChI is InChI=1S/C22H34O4/c1-14-7-6-9-21(3,4)17-8-10-22(5,20(14)17)18(13-25-15(2)23)16-11-19(24)26-12-16/h16-18,20H,1,6-13H2,2-5H3/t16-,17+,18+,20+,22-/m0/s1. The lowest BCUT2D eigenvalue weighted by molar-refractivity contribution is -0.145. The van der Waals surface area contributed by atoms with Crippen LogP contribution in [0, 0.1) is 34.5 Å². The normalized spacial score (nSPS) is 37.6. The van der Waals surface area contributed by atoms with Crippen LogP contribution in [-0.2, 0) is 19.1 Å². The maximum absolute atomic E-state index is 11.8. The van der Waals surface area contributed by atoms with E-state index in [-0.39, 0.29) is 29.2 Å². The Bertz CT molecular complexity index is 593. The molecule has 26 heavy (non-hydrogen) atoms. The van der Waals surface area contributed by atoms with Crippen molar-refractivity contribution in [2.75, 3.05) is 13.2 Å². The largest absolute Gasteiger partial charge is 0.466 e. The molecule has 1 aliphatic heterocycles. The van der Waals surface area contributed by atoms with Crippen LogP contribution in [0.1, 0.15) is 66.2 Å². The summed E-state index contributed by atoms with van der Waals surface area (Å²) in [6.07, 6.45) is 6.25. The SMILES string of the molecule is C=C1CCCC(C)(C)[C@@H]2CC[C@@](C)([C@H](COC(C)=O)[C@@H]3COC(=O)C3)[C@H]12. The van der Waals surface area contributed by atoms with Crippen molar-refractivity contribution < 1.29 is 19.1 Å². The first-order valence-corrected chi connectivity index (χ1v) is 10.1. The molecule has 0 spiro atoms. The Balaban J connectivity index is 1.94. The monoisotopic (exact) mass is 362 g/mol. The number of carbonyl (C=O) groups excluding carboxylic acids is 2. The summed E-state index contributed by atoms with van der Waals surface area (Å²) in [6.45, 7) is 13.9. The van der Waals surface area contributed by atoms with Crippen molar-refractivity contribution in [2.24, 2.45) is 34.5 Å². The van der Waals surface area contributed by atoms with Crippen LogP contribution in [0.3, 0.4) is 0 Å². The van der Waals surface area contributed by atoms with E-state index in [4.69, 9.17) is 9.47 Å². The van der Waals surface area contributed by atoms with Crippen molar-refractivity contribution >= 4 is 11.9 Å². The number of hydrogen-bond acceptors (Lipinski definition) is 4. The van der Waals surface area contributed by atoms with Gasteiger partial charge in [-0.05, 0) is 54.8 Å². The molecule has 4 nitrogen and oxygen atoms in total. The van der Waals surface area contributed by atoms with Crippen LogP contribution < -0.4 is 0 Å². The Morgan fingerprint density at radius 1 is 1.35 bits per heavy atom. The van der Waals surface area contributed by atoms with Gasteiger partial charge in [0.15, 0.2) is 0 Å². The highest BCUT2D eigenvalue weighted by Crippen LogP contribution is 2.63. The number of esters is 2. The zero-order chi connectivity index (χ0) is 19.1. The summed E-state index contributed by atoms with van der Waals surface area (Å²) in [5, 5.41) is 0. The molecule has 0 radical (unpaired) electrons. The van der Waals surface area contributed by atoms with Crippen molar-refractivity contribution in [3.05, 3.63) is 12.2 Å². The van der Waals surface area contributed by atoms with Gasteiger partial charge in [-0.15, -0.1) is 0 Å². The second-order valence-electron chi connectivity index (χ2n) is 9.69. The fraction of sp³-hybridized carbons (Fsp3) is 0.818. The highest BCUT2D eigenvalue weighted by atomic mass is 16.5. The molecule has 3 fully saturated rings. The molecule has 5 atom stereocenters. The molecule has 0 amide bonds. The number of cyclic esters (lactones) is 1. The average Bonchev–Trinajstić information content (AvgIpc) is 3.08. The maximum atomic E-state index is 11.8. The maximum Gasteiger partial charge on any atom is 0.306 e. The molecule has 146 valence electrons. The molecule has 2 saturated carbocycles. The van der Waals surface area contributed by atoms with Crippen LogP contribution in [0.4, 0.5) is 0 Å². The number of ether oxygens (including phenoxy) is 2. The van der Waals surface area contributed by atoms with Crippen LogP contribution >= 0.6 is 0 Å². The van der Waals surface area contributed by atoms with E-state index in [9.17, 15) is 9.59 Å². The Morgan fingerprint density at radius 3 is 2.69 bits per heavy atom. The van der Waals surface area contributed by atoms with Crippen LogP contribution in [0.5, 0.6) is 0 Å². The molecule has 3 rings (SSSR count). The van der Waals surface area contributed by atoms with Gasteiger partial charge in [-0.2, -0.15) is 0 Å². The number of carbonyl (C=O) groups is 2. The summed E-state index contributed by atoms with van der Waals surface area (Å²) in [5.74, 6) is 0.930. The van der Waals surface area contributed by atoms with Gasteiger partial charge in [0.2, 0.25) is 0 Å². The number of allylic oxidation sites excluding steroid dienone is 1. The Kier molecular flexibility index (Phi) is 5.24. The van der Waals surface area contributed by atoms with E-state index in [1.807, 2.05) is 0 Å². The quantitative estimate of drug-likeness (QED) is 0.545. The van der Waals surface area contributed by atoms with E-state index in [1.165, 1.54) is 31.8 Å². The minimum absolute atomic E-state index is 0.00252. The molecule has 4 heteroatoms. The Hall–Kier alpha value is -1.32. The van der Waals surface area contributed by atoms with Gasteiger partial charge in [0.1, 0.15) is 0 Å². The first-order valence-electron chi connectivity index (χ1n) is 10.1. The zero-order valence-electron chi connectivity index (χ0n) is 16.8. The highest BCUT2D eigenvalue weighted by Gasteiger charge is 2.57. The molecule has 0 aromatic heterocycles. The lowest BCUT2D eigenvalue weighted by Gasteiger charge is -2.45. The molecule has 2 aliphatic carbocycles. The molecule has 0 bridgehead atoms. The Morgan fingerprint density at radius 2 is 2.08 bits per heavy atom. The highest BCUT2D eigenvalue weighted by molar-refractivity contribution is 5.71. The second kappa shape index (κ2) is 7.01. The average molecular weight is 363 g/mol. The fourth-order valence-electron chi connectivity index (χ4n) is 6.23. The van der Waals surface area contributed by atoms with Crippen molar-refractivity contribution in [1.82, 2.24) is 0 Å². The van der Waals surface area contributed by atoms with Crippen molar-refractivity contribution in [3.63, 3.8) is 0 Å². The summed E-state index contributed by atoms with van der Waals surface area (Å²) in [5.41, 5.74) is 1.66. The molecule has 1 saturated heterocycles. The molecule has 0 aromatic carbocycles. The van der Waals surface area contributed by atoms with E-state index < -0.39 is 0 Å². The molecule has 0 unspecified atom stereocenters. The Labute approximate surface area is 157 Å². The molecule has 1 heterocycles.